The minimum absolute atomic E-state index is 0.0708. The fraction of sp³-hybridized carbons (Fsp3) is 0.250. The average Bonchev–Trinajstić information content (AvgIpc) is 2.70. The largest absolute Gasteiger partial charge is 0.439 e. The Morgan fingerprint density at radius 1 is 0.931 bits per heavy atom. The molecule has 3 aromatic rings. The molecule has 0 aliphatic rings. The highest BCUT2D eigenvalue weighted by molar-refractivity contribution is 9.10. The molecule has 2 atom stereocenters. The predicted molar refractivity (Wildman–Crippen MR) is 123 cm³/mol. The molecule has 1 heterocycles. The van der Waals surface area contributed by atoms with Crippen molar-refractivity contribution in [2.24, 2.45) is 5.92 Å². The van der Waals surface area contributed by atoms with Crippen LogP contribution in [0.25, 0.3) is 0 Å². The molecule has 1 unspecified atom stereocenters. The van der Waals surface area contributed by atoms with E-state index in [-0.39, 0.29) is 22.2 Å². The Kier molecular flexibility index (Phi) is 7.51. The molecular formula is C24H24BrNO2S. The number of ether oxygens (including phenoxy) is 1. The molecular weight excluding hydrogens is 446 g/mol. The van der Waals surface area contributed by atoms with Crippen LogP contribution in [0.4, 0.5) is 0 Å². The molecule has 150 valence electrons. The Balaban J connectivity index is 1.73. The van der Waals surface area contributed by atoms with Crippen LogP contribution in [0.1, 0.15) is 43.2 Å². The second-order valence-electron chi connectivity index (χ2n) is 7.17. The Hall–Kier alpha value is -2.11. The highest BCUT2D eigenvalue weighted by atomic mass is 79.9. The number of thioether (sulfide) groups is 1. The van der Waals surface area contributed by atoms with E-state index in [0.717, 1.165) is 21.5 Å². The van der Waals surface area contributed by atoms with Crippen LogP contribution in [0, 0.1) is 5.92 Å². The van der Waals surface area contributed by atoms with Gasteiger partial charge in [0.25, 0.3) is 0 Å². The molecule has 0 aliphatic heterocycles. The van der Waals surface area contributed by atoms with Gasteiger partial charge >= 0.3 is 0 Å². The van der Waals surface area contributed by atoms with E-state index in [2.05, 4.69) is 34.8 Å². The molecule has 0 radical (unpaired) electrons. The van der Waals surface area contributed by atoms with Crippen molar-refractivity contribution in [1.29, 1.82) is 0 Å². The van der Waals surface area contributed by atoms with E-state index < -0.39 is 0 Å². The summed E-state index contributed by atoms with van der Waals surface area (Å²) in [5.41, 5.74) is 1.87. The third kappa shape index (κ3) is 5.94. The Morgan fingerprint density at radius 3 is 2.28 bits per heavy atom. The molecule has 3 rings (SSSR count). The van der Waals surface area contributed by atoms with Crippen molar-refractivity contribution in [3.63, 3.8) is 0 Å². The van der Waals surface area contributed by atoms with Crippen LogP contribution in [0.5, 0.6) is 11.6 Å². The van der Waals surface area contributed by atoms with Crippen LogP contribution < -0.4 is 4.74 Å². The van der Waals surface area contributed by atoms with E-state index in [1.807, 2.05) is 79.7 Å². The molecule has 0 fully saturated rings. The lowest BCUT2D eigenvalue weighted by atomic mass is 9.90. The molecule has 0 bridgehead atoms. The quantitative estimate of drug-likeness (QED) is 0.361. The van der Waals surface area contributed by atoms with Crippen molar-refractivity contribution in [2.45, 2.75) is 31.9 Å². The van der Waals surface area contributed by atoms with Crippen molar-refractivity contribution >= 4 is 32.8 Å². The lowest BCUT2D eigenvalue weighted by molar-refractivity contribution is -0.113. The molecule has 0 N–H and O–H groups in total. The molecule has 29 heavy (non-hydrogen) atoms. The average molecular weight is 470 g/mol. The maximum absolute atomic E-state index is 13.1. The van der Waals surface area contributed by atoms with Gasteiger partial charge in [-0.2, -0.15) is 0 Å². The van der Waals surface area contributed by atoms with Gasteiger partial charge in [0, 0.05) is 10.5 Å². The van der Waals surface area contributed by atoms with E-state index >= 15 is 0 Å². The van der Waals surface area contributed by atoms with E-state index in [1.165, 1.54) is 11.8 Å². The van der Waals surface area contributed by atoms with Crippen molar-refractivity contribution in [3.05, 3.63) is 88.5 Å². The first-order valence-electron chi connectivity index (χ1n) is 9.60. The molecule has 0 saturated heterocycles. The van der Waals surface area contributed by atoms with Crippen molar-refractivity contribution in [2.75, 3.05) is 0 Å². The zero-order valence-electron chi connectivity index (χ0n) is 16.7. The minimum Gasteiger partial charge on any atom is -0.439 e. The Bertz CT molecular complexity index is 945. The molecule has 0 spiro atoms. The number of carbonyl (C=O) groups excluding carboxylic acids is 1. The van der Waals surface area contributed by atoms with E-state index in [0.29, 0.717) is 5.88 Å². The van der Waals surface area contributed by atoms with Crippen LogP contribution in [0.3, 0.4) is 0 Å². The van der Waals surface area contributed by atoms with Crippen LogP contribution in [-0.4, -0.2) is 10.1 Å². The summed E-state index contributed by atoms with van der Waals surface area (Å²) in [6, 6.07) is 23.2. The molecule has 2 aromatic carbocycles. The lowest BCUT2D eigenvalue weighted by Gasteiger charge is -2.21. The smallest absolute Gasteiger partial charge is 0.219 e. The lowest BCUT2D eigenvalue weighted by Crippen LogP contribution is -2.16. The zero-order chi connectivity index (χ0) is 20.8. The second-order valence-corrected chi connectivity index (χ2v) is 9.43. The summed E-state index contributed by atoms with van der Waals surface area (Å²) in [5.74, 6) is 1.33. The van der Waals surface area contributed by atoms with Crippen LogP contribution in [-0.2, 0) is 4.79 Å². The van der Waals surface area contributed by atoms with Gasteiger partial charge in [-0.15, -0.1) is 0 Å². The van der Waals surface area contributed by atoms with Gasteiger partial charge in [-0.1, -0.05) is 77.9 Å². The number of carbonyl (C=O) groups is 1. The van der Waals surface area contributed by atoms with Crippen LogP contribution in [0.2, 0.25) is 0 Å². The van der Waals surface area contributed by atoms with E-state index in [1.54, 1.807) is 0 Å². The number of para-hydroxylation sites is 1. The van der Waals surface area contributed by atoms with Gasteiger partial charge in [0.2, 0.25) is 5.88 Å². The first-order valence-corrected chi connectivity index (χ1v) is 11.3. The highest BCUT2D eigenvalue weighted by Gasteiger charge is 2.27. The molecule has 0 saturated carbocycles. The number of hydrogen-bond acceptors (Lipinski definition) is 4. The minimum atomic E-state index is -0.153. The van der Waals surface area contributed by atoms with Gasteiger partial charge in [-0.3, -0.25) is 4.79 Å². The van der Waals surface area contributed by atoms with Gasteiger partial charge in [-0.05, 0) is 48.7 Å². The van der Waals surface area contributed by atoms with Crippen molar-refractivity contribution in [1.82, 2.24) is 4.98 Å². The summed E-state index contributed by atoms with van der Waals surface area (Å²) in [6.07, 6.45) is 0. The normalized spacial score (nSPS) is 13.1. The summed E-state index contributed by atoms with van der Waals surface area (Å²) in [7, 11) is 0. The third-order valence-corrected chi connectivity index (χ3v) is 6.18. The highest BCUT2D eigenvalue weighted by Crippen LogP contribution is 2.37. The molecule has 3 nitrogen and oxygen atoms in total. The molecule has 0 aliphatic carbocycles. The maximum atomic E-state index is 13.1. The summed E-state index contributed by atoms with van der Waals surface area (Å²) in [4.78, 5) is 17.7. The zero-order valence-corrected chi connectivity index (χ0v) is 19.1. The number of benzene rings is 2. The summed E-state index contributed by atoms with van der Waals surface area (Å²) in [5, 5.41) is 0.0875. The van der Waals surface area contributed by atoms with E-state index in [9.17, 15) is 4.79 Å². The Morgan fingerprint density at radius 2 is 1.62 bits per heavy atom. The maximum Gasteiger partial charge on any atom is 0.219 e. The SMILES string of the molecule is CC(C)C(C(=O)S[C@@H](C)c1cccc(Oc2ccccc2)n1)c1ccc(Br)cc1. The first kappa shape index (κ1) is 21.6. The van der Waals surface area contributed by atoms with Crippen molar-refractivity contribution in [3.8, 4) is 11.6 Å². The first-order chi connectivity index (χ1) is 13.9. The number of aromatic nitrogens is 1. The van der Waals surface area contributed by atoms with Gasteiger partial charge in [-0.25, -0.2) is 4.98 Å². The summed E-state index contributed by atoms with van der Waals surface area (Å²) < 4.78 is 6.84. The second kappa shape index (κ2) is 10.1. The van der Waals surface area contributed by atoms with Gasteiger partial charge in [0.05, 0.1) is 16.9 Å². The number of nitrogens with zero attached hydrogens (tertiary/aromatic N) is 1. The van der Waals surface area contributed by atoms with Gasteiger partial charge in [0.1, 0.15) is 5.75 Å². The van der Waals surface area contributed by atoms with Crippen LogP contribution in [0.15, 0.2) is 77.3 Å². The summed E-state index contributed by atoms with van der Waals surface area (Å²) >= 11 is 4.79. The number of rotatable bonds is 7. The summed E-state index contributed by atoms with van der Waals surface area (Å²) in [6.45, 7) is 6.18. The van der Waals surface area contributed by atoms with Crippen molar-refractivity contribution < 1.29 is 9.53 Å². The number of halogens is 1. The van der Waals surface area contributed by atoms with Crippen LogP contribution >= 0.6 is 27.7 Å². The molecule has 1 aromatic heterocycles. The fourth-order valence-electron chi connectivity index (χ4n) is 3.09. The number of pyridine rings is 1. The fourth-order valence-corrected chi connectivity index (χ4v) is 4.51. The molecule has 0 amide bonds. The Labute approximate surface area is 185 Å². The topological polar surface area (TPSA) is 39.2 Å². The van der Waals surface area contributed by atoms with Gasteiger partial charge < -0.3 is 4.74 Å². The molecule has 5 heteroatoms. The van der Waals surface area contributed by atoms with Gasteiger partial charge in [0.15, 0.2) is 5.12 Å². The monoisotopic (exact) mass is 469 g/mol. The third-order valence-electron chi connectivity index (χ3n) is 4.57. The predicted octanol–water partition coefficient (Wildman–Crippen LogP) is 7.40. The van der Waals surface area contributed by atoms with E-state index in [4.69, 9.17) is 4.74 Å². The number of hydrogen-bond donors (Lipinski definition) is 0. The standard InChI is InChI=1S/C24H24BrNO2S/c1-16(2)23(18-12-14-19(25)15-13-18)24(27)29-17(3)21-10-7-11-22(26-21)28-20-8-5-4-6-9-20/h4-17,23H,1-3H3/t17-,23?/m0/s1.